The van der Waals surface area contributed by atoms with Crippen molar-refractivity contribution >= 4 is 51.5 Å². The van der Waals surface area contributed by atoms with Gasteiger partial charge in [-0.1, -0.05) is 47.5 Å². The molecular formula is C19H13Cl2NO3. The highest BCUT2D eigenvalue weighted by Crippen LogP contribution is 2.32. The van der Waals surface area contributed by atoms with Crippen molar-refractivity contribution in [1.29, 1.82) is 0 Å². The Labute approximate surface area is 154 Å². The fraction of sp³-hybridized carbons (Fsp3) is 0.0526. The number of aromatic carboxylic acids is 1. The molecule has 25 heavy (non-hydrogen) atoms. The van der Waals surface area contributed by atoms with Gasteiger partial charge in [-0.05, 0) is 47.5 Å². The van der Waals surface area contributed by atoms with Crippen molar-refractivity contribution in [1.82, 2.24) is 0 Å². The van der Waals surface area contributed by atoms with Crippen molar-refractivity contribution in [2.75, 3.05) is 5.32 Å². The molecule has 0 unspecified atom stereocenters. The molecule has 6 heteroatoms. The number of anilines is 1. The summed E-state index contributed by atoms with van der Waals surface area (Å²) < 4.78 is 0. The van der Waals surface area contributed by atoms with Gasteiger partial charge in [0.2, 0.25) is 0 Å². The molecule has 0 aliphatic carbocycles. The zero-order chi connectivity index (χ0) is 18.1. The van der Waals surface area contributed by atoms with Gasteiger partial charge in [0.05, 0.1) is 21.3 Å². The smallest absolute Gasteiger partial charge is 0.336 e. The molecule has 2 N–H and O–H groups in total. The monoisotopic (exact) mass is 373 g/mol. The number of hydrogen-bond donors (Lipinski definition) is 2. The van der Waals surface area contributed by atoms with Gasteiger partial charge in [-0.3, -0.25) is 4.79 Å². The zero-order valence-corrected chi connectivity index (χ0v) is 14.7. The van der Waals surface area contributed by atoms with Gasteiger partial charge in [-0.15, -0.1) is 0 Å². The molecule has 0 saturated carbocycles. The second-order valence-electron chi connectivity index (χ2n) is 5.57. The van der Waals surface area contributed by atoms with Crippen molar-refractivity contribution in [3.8, 4) is 0 Å². The second kappa shape index (κ2) is 6.75. The number of carboxylic acids is 1. The molecule has 0 bridgehead atoms. The number of carboxylic acid groups (broad SMARTS) is 1. The topological polar surface area (TPSA) is 66.4 Å². The highest BCUT2D eigenvalue weighted by molar-refractivity contribution is 6.40. The van der Waals surface area contributed by atoms with Crippen molar-refractivity contribution in [3.05, 3.63) is 75.3 Å². The summed E-state index contributed by atoms with van der Waals surface area (Å²) in [6.07, 6.45) is 0. The highest BCUT2D eigenvalue weighted by atomic mass is 35.5. The Hall–Kier alpha value is -2.56. The van der Waals surface area contributed by atoms with Crippen molar-refractivity contribution < 1.29 is 14.7 Å². The van der Waals surface area contributed by atoms with Crippen molar-refractivity contribution in [3.63, 3.8) is 0 Å². The zero-order valence-electron chi connectivity index (χ0n) is 13.1. The molecule has 126 valence electrons. The molecule has 0 spiro atoms. The molecule has 3 rings (SSSR count). The molecule has 3 aromatic carbocycles. The lowest BCUT2D eigenvalue weighted by molar-refractivity contribution is 0.0698. The SMILES string of the molecule is Cc1cc(Cl)c(NC(=O)c2ccc(C(=O)O)c3ccccc23)c(Cl)c1. The molecule has 0 heterocycles. The summed E-state index contributed by atoms with van der Waals surface area (Å²) in [5, 5.41) is 13.7. The Morgan fingerprint density at radius 3 is 2.00 bits per heavy atom. The Kier molecular flexibility index (Phi) is 4.66. The quantitative estimate of drug-likeness (QED) is 0.645. The van der Waals surface area contributed by atoms with Crippen LogP contribution in [0.15, 0.2) is 48.5 Å². The maximum Gasteiger partial charge on any atom is 0.336 e. The number of carbonyl (C=O) groups excluding carboxylic acids is 1. The van der Waals surface area contributed by atoms with E-state index in [0.29, 0.717) is 32.1 Å². The fourth-order valence-electron chi connectivity index (χ4n) is 2.68. The lowest BCUT2D eigenvalue weighted by Crippen LogP contribution is -2.14. The lowest BCUT2D eigenvalue weighted by atomic mass is 9.99. The molecule has 1 amide bonds. The van der Waals surface area contributed by atoms with Crippen molar-refractivity contribution in [2.24, 2.45) is 0 Å². The summed E-state index contributed by atoms with van der Waals surface area (Å²) in [6, 6.07) is 13.1. The molecular weight excluding hydrogens is 361 g/mol. The van der Waals surface area contributed by atoms with Gasteiger partial charge < -0.3 is 10.4 Å². The molecule has 0 saturated heterocycles. The Morgan fingerprint density at radius 2 is 1.44 bits per heavy atom. The second-order valence-corrected chi connectivity index (χ2v) is 6.38. The first-order valence-corrected chi connectivity index (χ1v) is 8.16. The van der Waals surface area contributed by atoms with E-state index in [1.54, 1.807) is 36.4 Å². The lowest BCUT2D eigenvalue weighted by Gasteiger charge is -2.12. The Bertz CT molecular complexity index is 992. The summed E-state index contributed by atoms with van der Waals surface area (Å²) >= 11 is 12.3. The van der Waals surface area contributed by atoms with Crippen LogP contribution in [0.3, 0.4) is 0 Å². The fourth-order valence-corrected chi connectivity index (χ4v) is 3.37. The largest absolute Gasteiger partial charge is 0.478 e. The normalized spacial score (nSPS) is 10.7. The van der Waals surface area contributed by atoms with Crippen LogP contribution >= 0.6 is 23.2 Å². The van der Waals surface area contributed by atoms with Crippen LogP contribution in [0.4, 0.5) is 5.69 Å². The number of benzene rings is 3. The summed E-state index contributed by atoms with van der Waals surface area (Å²) in [7, 11) is 0. The first kappa shape index (κ1) is 17.3. The number of fused-ring (bicyclic) bond motifs is 1. The third kappa shape index (κ3) is 3.31. The predicted molar refractivity (Wildman–Crippen MR) is 100 cm³/mol. The Balaban J connectivity index is 2.07. The minimum absolute atomic E-state index is 0.138. The number of aryl methyl sites for hydroxylation is 1. The minimum atomic E-state index is -1.05. The van der Waals surface area contributed by atoms with Crippen LogP contribution in [0.1, 0.15) is 26.3 Å². The third-order valence-corrected chi connectivity index (χ3v) is 4.42. The van der Waals surface area contributed by atoms with E-state index >= 15 is 0 Å². The summed E-state index contributed by atoms with van der Waals surface area (Å²) in [5.74, 6) is -1.46. The first-order valence-electron chi connectivity index (χ1n) is 7.40. The first-order chi connectivity index (χ1) is 11.9. The van der Waals surface area contributed by atoms with Crippen LogP contribution in [-0.4, -0.2) is 17.0 Å². The number of carbonyl (C=O) groups is 2. The van der Waals surface area contributed by atoms with E-state index in [1.165, 1.54) is 12.1 Å². The van der Waals surface area contributed by atoms with Crippen LogP contribution < -0.4 is 5.32 Å². The molecule has 0 fully saturated rings. The van der Waals surface area contributed by atoms with E-state index in [9.17, 15) is 14.7 Å². The van der Waals surface area contributed by atoms with Gasteiger partial charge in [-0.25, -0.2) is 4.79 Å². The number of hydrogen-bond acceptors (Lipinski definition) is 2. The molecule has 0 aliphatic heterocycles. The summed E-state index contributed by atoms with van der Waals surface area (Å²) in [6.45, 7) is 1.85. The maximum absolute atomic E-state index is 12.7. The van der Waals surface area contributed by atoms with E-state index in [-0.39, 0.29) is 5.56 Å². The van der Waals surface area contributed by atoms with Crippen molar-refractivity contribution in [2.45, 2.75) is 6.92 Å². The van der Waals surface area contributed by atoms with Gasteiger partial charge >= 0.3 is 5.97 Å². The molecule has 0 atom stereocenters. The number of halogens is 2. The van der Waals surface area contributed by atoms with Crippen LogP contribution in [0.2, 0.25) is 10.0 Å². The van der Waals surface area contributed by atoms with Gasteiger partial charge in [0, 0.05) is 5.56 Å². The standard InChI is InChI=1S/C19H13Cl2NO3/c1-10-8-15(20)17(16(21)9-10)22-18(23)13-6-7-14(19(24)25)12-5-3-2-4-11(12)13/h2-9H,1H3,(H,22,23)(H,24,25). The van der Waals surface area contributed by atoms with E-state index in [2.05, 4.69) is 5.32 Å². The Morgan fingerprint density at radius 1 is 0.920 bits per heavy atom. The maximum atomic E-state index is 12.7. The number of amides is 1. The molecule has 3 aromatic rings. The molecule has 0 radical (unpaired) electrons. The highest BCUT2D eigenvalue weighted by Gasteiger charge is 2.17. The van der Waals surface area contributed by atoms with Crippen LogP contribution in [0.5, 0.6) is 0 Å². The molecule has 0 aromatic heterocycles. The van der Waals surface area contributed by atoms with Gasteiger partial charge in [0.1, 0.15) is 0 Å². The van der Waals surface area contributed by atoms with Gasteiger partial charge in [0.25, 0.3) is 5.91 Å². The number of rotatable bonds is 3. The molecule has 4 nitrogen and oxygen atoms in total. The van der Waals surface area contributed by atoms with E-state index < -0.39 is 11.9 Å². The summed E-state index contributed by atoms with van der Waals surface area (Å²) in [5.41, 5.74) is 1.68. The van der Waals surface area contributed by atoms with Gasteiger partial charge in [-0.2, -0.15) is 0 Å². The van der Waals surface area contributed by atoms with E-state index in [0.717, 1.165) is 5.56 Å². The average molecular weight is 374 g/mol. The van der Waals surface area contributed by atoms with E-state index in [4.69, 9.17) is 23.2 Å². The van der Waals surface area contributed by atoms with E-state index in [1.807, 2.05) is 6.92 Å². The van der Waals surface area contributed by atoms with Crippen LogP contribution in [0.25, 0.3) is 10.8 Å². The van der Waals surface area contributed by atoms with Gasteiger partial charge in [0.15, 0.2) is 0 Å². The summed E-state index contributed by atoms with van der Waals surface area (Å²) in [4.78, 5) is 24.1. The predicted octanol–water partition coefficient (Wildman–Crippen LogP) is 5.41. The van der Waals surface area contributed by atoms with Crippen LogP contribution in [0, 0.1) is 6.92 Å². The number of nitrogens with one attached hydrogen (secondary N) is 1. The minimum Gasteiger partial charge on any atom is -0.478 e. The van der Waals surface area contributed by atoms with Crippen LogP contribution in [-0.2, 0) is 0 Å². The average Bonchev–Trinajstić information content (AvgIpc) is 2.56. The third-order valence-electron chi connectivity index (χ3n) is 3.82. The molecule has 0 aliphatic rings.